The van der Waals surface area contributed by atoms with E-state index in [9.17, 15) is 15.3 Å². The molecule has 33 heavy (non-hydrogen) atoms. The highest BCUT2D eigenvalue weighted by Gasteiger charge is 2.32. The molecule has 0 atom stereocenters. The van der Waals surface area contributed by atoms with Gasteiger partial charge in [0.2, 0.25) is 5.91 Å². The van der Waals surface area contributed by atoms with Crippen molar-refractivity contribution >= 4 is 28.4 Å². The van der Waals surface area contributed by atoms with E-state index in [1.54, 1.807) is 0 Å². The summed E-state index contributed by atoms with van der Waals surface area (Å²) in [7, 11) is 3.80. The number of aromatic nitrogens is 2. The summed E-state index contributed by atoms with van der Waals surface area (Å²) >= 11 is 0. The Kier molecular flexibility index (Phi) is 5.39. The van der Waals surface area contributed by atoms with E-state index in [1.807, 2.05) is 48.2 Å². The van der Waals surface area contributed by atoms with Crippen molar-refractivity contribution in [2.45, 2.75) is 25.8 Å². The largest absolute Gasteiger partial charge is 0.357 e. The smallest absolute Gasteiger partial charge is 0.237 e. The summed E-state index contributed by atoms with van der Waals surface area (Å²) in [5.41, 5.74) is 5.15. The summed E-state index contributed by atoms with van der Waals surface area (Å²) in [6.07, 6.45) is 2.25. The molecular formula is C25H27N7O. The first-order valence-corrected chi connectivity index (χ1v) is 11.4. The lowest BCUT2D eigenvalue weighted by molar-refractivity contribution is -0.132. The second-order valence-corrected chi connectivity index (χ2v) is 9.22. The number of carbonyl (C=O) groups excluding carboxylic acids is 1. The number of para-hydroxylation sites is 2. The van der Waals surface area contributed by atoms with Gasteiger partial charge in [0.05, 0.1) is 29.2 Å². The van der Waals surface area contributed by atoms with E-state index in [-0.39, 0.29) is 11.8 Å². The average Bonchev–Trinajstić information content (AvgIpc) is 3.21. The SMILES string of the molecule is CN(C)CC(=O)N1CCc2c(c(N3CCC(C#N)CC3)n3c(nc4ccccc43)c2C#N)C1. The summed E-state index contributed by atoms with van der Waals surface area (Å²) in [5, 5.41) is 19.5. The number of benzene rings is 1. The molecule has 0 radical (unpaired) electrons. The molecule has 1 fully saturated rings. The Hall–Kier alpha value is -3.62. The Morgan fingerprint density at radius 1 is 1.15 bits per heavy atom. The van der Waals surface area contributed by atoms with Crippen LogP contribution < -0.4 is 4.90 Å². The van der Waals surface area contributed by atoms with Crippen LogP contribution >= 0.6 is 0 Å². The van der Waals surface area contributed by atoms with Gasteiger partial charge in [-0.15, -0.1) is 0 Å². The first-order valence-electron chi connectivity index (χ1n) is 11.4. The number of imidazole rings is 1. The molecule has 1 aromatic carbocycles. The fraction of sp³-hybridized carbons (Fsp3) is 0.440. The van der Waals surface area contributed by atoms with Crippen LogP contribution in [0.15, 0.2) is 24.3 Å². The second kappa shape index (κ2) is 8.38. The molecule has 0 bridgehead atoms. The van der Waals surface area contributed by atoms with Crippen molar-refractivity contribution in [2.75, 3.05) is 45.2 Å². The number of nitrogens with zero attached hydrogens (tertiary/aromatic N) is 7. The van der Waals surface area contributed by atoms with Crippen LogP contribution in [0.1, 0.15) is 29.5 Å². The molecule has 5 rings (SSSR count). The number of pyridine rings is 1. The van der Waals surface area contributed by atoms with Crippen molar-refractivity contribution in [3.63, 3.8) is 0 Å². The Morgan fingerprint density at radius 3 is 2.61 bits per heavy atom. The van der Waals surface area contributed by atoms with Gasteiger partial charge < -0.3 is 14.7 Å². The molecule has 0 N–H and O–H groups in total. The van der Waals surface area contributed by atoms with E-state index >= 15 is 0 Å². The van der Waals surface area contributed by atoms with E-state index in [2.05, 4.69) is 21.4 Å². The van der Waals surface area contributed by atoms with Gasteiger partial charge in [-0.25, -0.2) is 4.98 Å². The Balaban J connectivity index is 1.72. The number of fused-ring (bicyclic) bond motifs is 4. The molecule has 1 amide bonds. The maximum Gasteiger partial charge on any atom is 0.237 e. The molecule has 0 saturated carbocycles. The van der Waals surface area contributed by atoms with Crippen LogP contribution in [0.25, 0.3) is 16.7 Å². The van der Waals surface area contributed by atoms with E-state index in [0.29, 0.717) is 37.3 Å². The van der Waals surface area contributed by atoms with Gasteiger partial charge in [0, 0.05) is 37.7 Å². The highest BCUT2D eigenvalue weighted by atomic mass is 16.2. The van der Waals surface area contributed by atoms with Crippen LogP contribution in [-0.4, -0.2) is 65.4 Å². The monoisotopic (exact) mass is 441 g/mol. The normalized spacial score (nSPS) is 16.8. The van der Waals surface area contributed by atoms with Crippen LogP contribution in [0.2, 0.25) is 0 Å². The summed E-state index contributed by atoms with van der Waals surface area (Å²) in [6, 6.07) is 12.8. The van der Waals surface area contributed by atoms with Crippen molar-refractivity contribution in [1.82, 2.24) is 19.2 Å². The lowest BCUT2D eigenvalue weighted by atomic mass is 9.93. The molecule has 1 saturated heterocycles. The topological polar surface area (TPSA) is 91.7 Å². The molecule has 8 heteroatoms. The van der Waals surface area contributed by atoms with Crippen molar-refractivity contribution in [2.24, 2.45) is 5.92 Å². The van der Waals surface area contributed by atoms with Crippen LogP contribution in [-0.2, 0) is 17.8 Å². The summed E-state index contributed by atoms with van der Waals surface area (Å²) < 4.78 is 2.11. The third-order valence-electron chi connectivity index (χ3n) is 6.81. The minimum absolute atomic E-state index is 0.0728. The first kappa shape index (κ1) is 21.2. The van der Waals surface area contributed by atoms with E-state index in [4.69, 9.17) is 4.98 Å². The fourth-order valence-electron chi connectivity index (χ4n) is 5.18. The molecule has 0 aliphatic carbocycles. The van der Waals surface area contributed by atoms with E-state index in [0.717, 1.165) is 53.9 Å². The number of anilines is 1. The standard InChI is InChI=1S/C25H27N7O/c1-29(2)16-23(33)31-12-9-18-19(14-27)24-28-21-5-3-4-6-22(21)32(24)25(20(18)15-31)30-10-7-17(13-26)8-11-30/h3-6,17H,7-12,15-16H2,1-2H3. The zero-order chi connectivity index (χ0) is 23.1. The van der Waals surface area contributed by atoms with Crippen LogP contribution in [0.3, 0.4) is 0 Å². The lowest BCUT2D eigenvalue weighted by Crippen LogP contribution is -2.43. The van der Waals surface area contributed by atoms with Gasteiger partial charge >= 0.3 is 0 Å². The predicted octanol–water partition coefficient (Wildman–Crippen LogP) is 2.55. The van der Waals surface area contributed by atoms with Crippen molar-refractivity contribution < 1.29 is 4.79 Å². The first-order chi connectivity index (χ1) is 16.0. The number of hydrogen-bond acceptors (Lipinski definition) is 6. The lowest BCUT2D eigenvalue weighted by Gasteiger charge is -2.37. The number of piperidine rings is 1. The van der Waals surface area contributed by atoms with Crippen LogP contribution in [0.4, 0.5) is 5.82 Å². The van der Waals surface area contributed by atoms with Crippen molar-refractivity contribution in [1.29, 1.82) is 10.5 Å². The van der Waals surface area contributed by atoms with Gasteiger partial charge in [-0.3, -0.25) is 9.20 Å². The Bertz CT molecular complexity index is 1320. The molecule has 4 heterocycles. The highest BCUT2D eigenvalue weighted by Crippen LogP contribution is 2.38. The molecule has 2 aromatic heterocycles. The minimum Gasteiger partial charge on any atom is -0.357 e. The number of likely N-dealkylation sites (N-methyl/N-ethyl adjacent to an activating group) is 1. The molecule has 2 aliphatic rings. The molecule has 3 aromatic rings. The quantitative estimate of drug-likeness (QED) is 0.620. The van der Waals surface area contributed by atoms with Crippen LogP contribution in [0, 0.1) is 28.6 Å². The Morgan fingerprint density at radius 2 is 1.91 bits per heavy atom. The minimum atomic E-state index is 0.0728. The number of carbonyl (C=O) groups is 1. The van der Waals surface area contributed by atoms with Crippen molar-refractivity contribution in [3.05, 3.63) is 41.0 Å². The predicted molar refractivity (Wildman–Crippen MR) is 126 cm³/mol. The van der Waals surface area contributed by atoms with Gasteiger partial charge in [-0.05, 0) is 51.1 Å². The maximum absolute atomic E-state index is 12.9. The zero-order valence-corrected chi connectivity index (χ0v) is 19.1. The van der Waals surface area contributed by atoms with Gasteiger partial charge in [-0.1, -0.05) is 12.1 Å². The van der Waals surface area contributed by atoms with Gasteiger partial charge in [0.15, 0.2) is 5.65 Å². The second-order valence-electron chi connectivity index (χ2n) is 9.22. The summed E-state index contributed by atoms with van der Waals surface area (Å²) in [5.74, 6) is 1.18. The summed E-state index contributed by atoms with van der Waals surface area (Å²) in [6.45, 7) is 2.97. The maximum atomic E-state index is 12.9. The molecule has 0 spiro atoms. The van der Waals surface area contributed by atoms with Gasteiger partial charge in [0.1, 0.15) is 11.9 Å². The average molecular weight is 442 g/mol. The van der Waals surface area contributed by atoms with Crippen molar-refractivity contribution in [3.8, 4) is 12.1 Å². The third-order valence-corrected chi connectivity index (χ3v) is 6.81. The van der Waals surface area contributed by atoms with Gasteiger partial charge in [0.25, 0.3) is 0 Å². The number of rotatable bonds is 3. The molecule has 8 nitrogen and oxygen atoms in total. The number of amides is 1. The summed E-state index contributed by atoms with van der Waals surface area (Å²) in [4.78, 5) is 23.9. The molecule has 168 valence electrons. The van der Waals surface area contributed by atoms with E-state index < -0.39 is 0 Å². The van der Waals surface area contributed by atoms with Crippen LogP contribution in [0.5, 0.6) is 0 Å². The molecular weight excluding hydrogens is 414 g/mol. The third kappa shape index (κ3) is 3.57. The number of hydrogen-bond donors (Lipinski definition) is 0. The highest BCUT2D eigenvalue weighted by molar-refractivity contribution is 5.87. The molecule has 2 aliphatic heterocycles. The zero-order valence-electron chi connectivity index (χ0n) is 19.1. The fourth-order valence-corrected chi connectivity index (χ4v) is 5.18. The number of nitriles is 2. The molecule has 0 unspecified atom stereocenters. The Labute approximate surface area is 193 Å². The van der Waals surface area contributed by atoms with Gasteiger partial charge in [-0.2, -0.15) is 10.5 Å². The van der Waals surface area contributed by atoms with E-state index in [1.165, 1.54) is 0 Å².